The van der Waals surface area contributed by atoms with Crippen LogP contribution < -0.4 is 10.1 Å². The molecule has 1 N–H and O–H groups in total. The quantitative estimate of drug-likeness (QED) is 0.647. The molecule has 1 rings (SSSR count). The minimum Gasteiger partial charge on any atom is -0.490 e. The molecular formula is C16H26FNOS. The van der Waals surface area contributed by atoms with E-state index < -0.39 is 0 Å². The molecule has 0 aromatic heterocycles. The Bertz CT molecular complexity index is 387. The molecule has 2 nitrogen and oxygen atoms in total. The molecule has 0 aliphatic rings. The van der Waals surface area contributed by atoms with Gasteiger partial charge in [-0.3, -0.25) is 0 Å². The van der Waals surface area contributed by atoms with E-state index in [9.17, 15) is 4.39 Å². The lowest BCUT2D eigenvalue weighted by molar-refractivity contribution is 0.302. The lowest BCUT2D eigenvalue weighted by atomic mass is 10.1. The molecule has 0 fully saturated rings. The van der Waals surface area contributed by atoms with Crippen LogP contribution in [0.4, 0.5) is 4.39 Å². The first-order valence-electron chi connectivity index (χ1n) is 7.42. The van der Waals surface area contributed by atoms with Crippen LogP contribution in [0.3, 0.4) is 0 Å². The second-order valence-corrected chi connectivity index (χ2v) is 6.16. The summed E-state index contributed by atoms with van der Waals surface area (Å²) in [5.74, 6) is 2.27. The molecule has 0 heterocycles. The number of rotatable bonds is 10. The highest BCUT2D eigenvalue weighted by Gasteiger charge is 2.09. The minimum atomic E-state index is -0.268. The molecule has 1 aromatic rings. The van der Waals surface area contributed by atoms with Gasteiger partial charge in [-0.05, 0) is 55.5 Å². The summed E-state index contributed by atoms with van der Waals surface area (Å²) >= 11 is 1.88. The zero-order chi connectivity index (χ0) is 14.8. The molecule has 0 spiro atoms. The van der Waals surface area contributed by atoms with Crippen LogP contribution in [0.25, 0.3) is 0 Å². The van der Waals surface area contributed by atoms with Gasteiger partial charge in [-0.2, -0.15) is 11.8 Å². The van der Waals surface area contributed by atoms with Gasteiger partial charge in [-0.25, -0.2) is 4.39 Å². The van der Waals surface area contributed by atoms with Gasteiger partial charge >= 0.3 is 0 Å². The highest BCUT2D eigenvalue weighted by Crippen LogP contribution is 2.22. The van der Waals surface area contributed by atoms with Crippen molar-refractivity contribution in [1.29, 1.82) is 0 Å². The molecule has 0 saturated carbocycles. The molecule has 114 valence electrons. The largest absolute Gasteiger partial charge is 0.490 e. The highest BCUT2D eigenvalue weighted by atomic mass is 32.2. The van der Waals surface area contributed by atoms with E-state index in [0.717, 1.165) is 36.5 Å². The summed E-state index contributed by atoms with van der Waals surface area (Å²) in [5, 5.41) is 3.35. The molecule has 0 aliphatic carbocycles. The maximum atomic E-state index is 13.9. The molecule has 0 saturated heterocycles. The van der Waals surface area contributed by atoms with Crippen LogP contribution in [0.15, 0.2) is 18.2 Å². The van der Waals surface area contributed by atoms with Gasteiger partial charge in [0.1, 0.15) is 0 Å². The van der Waals surface area contributed by atoms with Crippen molar-refractivity contribution in [3.05, 3.63) is 29.6 Å². The van der Waals surface area contributed by atoms with Crippen molar-refractivity contribution in [3.8, 4) is 5.75 Å². The fraction of sp³-hybridized carbons (Fsp3) is 0.625. The summed E-state index contributed by atoms with van der Waals surface area (Å²) < 4.78 is 19.4. The van der Waals surface area contributed by atoms with E-state index >= 15 is 0 Å². The average molecular weight is 299 g/mol. The number of nitrogens with one attached hydrogen (secondary N) is 1. The molecule has 4 heteroatoms. The second-order valence-electron chi connectivity index (χ2n) is 4.76. The van der Waals surface area contributed by atoms with Crippen LogP contribution >= 0.6 is 11.8 Å². The SMILES string of the molecule is CCCNC(C)c1ccc(OCCCSCC)c(F)c1. The van der Waals surface area contributed by atoms with Crippen LogP contribution in [0.1, 0.15) is 45.2 Å². The maximum absolute atomic E-state index is 13.9. The van der Waals surface area contributed by atoms with E-state index in [0.29, 0.717) is 12.4 Å². The Hall–Kier alpha value is -0.740. The fourth-order valence-electron chi connectivity index (χ4n) is 1.87. The predicted octanol–water partition coefficient (Wildman–Crippen LogP) is 4.41. The monoisotopic (exact) mass is 299 g/mol. The van der Waals surface area contributed by atoms with E-state index in [-0.39, 0.29) is 11.9 Å². The maximum Gasteiger partial charge on any atom is 0.165 e. The summed E-state index contributed by atoms with van der Waals surface area (Å²) in [5.41, 5.74) is 0.963. The van der Waals surface area contributed by atoms with Gasteiger partial charge in [-0.1, -0.05) is 19.9 Å². The summed E-state index contributed by atoms with van der Waals surface area (Å²) in [7, 11) is 0. The lowest BCUT2D eigenvalue weighted by Gasteiger charge is -2.15. The molecule has 1 atom stereocenters. The number of benzene rings is 1. The van der Waals surface area contributed by atoms with Crippen LogP contribution in [0.2, 0.25) is 0 Å². The summed E-state index contributed by atoms with van der Waals surface area (Å²) in [4.78, 5) is 0. The van der Waals surface area contributed by atoms with Crippen molar-refractivity contribution in [2.45, 2.75) is 39.7 Å². The van der Waals surface area contributed by atoms with E-state index in [1.54, 1.807) is 12.1 Å². The second kappa shape index (κ2) is 10.1. The van der Waals surface area contributed by atoms with Gasteiger partial charge in [0.05, 0.1) is 6.61 Å². The van der Waals surface area contributed by atoms with Gasteiger partial charge < -0.3 is 10.1 Å². The first kappa shape index (κ1) is 17.3. The van der Waals surface area contributed by atoms with E-state index in [4.69, 9.17) is 4.74 Å². The Morgan fingerprint density at radius 3 is 2.80 bits per heavy atom. The zero-order valence-electron chi connectivity index (χ0n) is 12.7. The predicted molar refractivity (Wildman–Crippen MR) is 86.2 cm³/mol. The summed E-state index contributed by atoms with van der Waals surface area (Å²) in [6.07, 6.45) is 2.03. The van der Waals surface area contributed by atoms with Crippen LogP contribution in [0, 0.1) is 5.82 Å². The highest BCUT2D eigenvalue weighted by molar-refractivity contribution is 7.99. The van der Waals surface area contributed by atoms with E-state index in [1.807, 2.05) is 24.8 Å². The van der Waals surface area contributed by atoms with Crippen LogP contribution in [-0.2, 0) is 0 Å². The average Bonchev–Trinajstić information content (AvgIpc) is 2.46. The summed E-state index contributed by atoms with van der Waals surface area (Å²) in [6.45, 7) is 7.82. The smallest absolute Gasteiger partial charge is 0.165 e. The molecule has 1 aromatic carbocycles. The van der Waals surface area contributed by atoms with Crippen molar-refractivity contribution in [1.82, 2.24) is 5.32 Å². The Balaban J connectivity index is 2.46. The summed E-state index contributed by atoms with van der Waals surface area (Å²) in [6, 6.07) is 5.41. The van der Waals surface area contributed by atoms with Gasteiger partial charge in [0.25, 0.3) is 0 Å². The van der Waals surface area contributed by atoms with Crippen molar-refractivity contribution >= 4 is 11.8 Å². The van der Waals surface area contributed by atoms with Gasteiger partial charge in [0, 0.05) is 6.04 Å². The minimum absolute atomic E-state index is 0.166. The van der Waals surface area contributed by atoms with Gasteiger partial charge in [0.2, 0.25) is 0 Å². The molecule has 0 bridgehead atoms. The van der Waals surface area contributed by atoms with Crippen molar-refractivity contribution in [3.63, 3.8) is 0 Å². The molecule has 0 aliphatic heterocycles. The molecule has 1 unspecified atom stereocenters. The Morgan fingerprint density at radius 2 is 2.15 bits per heavy atom. The molecule has 0 radical (unpaired) electrons. The third-order valence-corrected chi connectivity index (χ3v) is 4.04. The number of ether oxygens (including phenoxy) is 1. The van der Waals surface area contributed by atoms with Gasteiger partial charge in [-0.15, -0.1) is 0 Å². The number of thioether (sulfide) groups is 1. The molecule has 0 amide bonds. The van der Waals surface area contributed by atoms with Gasteiger partial charge in [0.15, 0.2) is 11.6 Å². The van der Waals surface area contributed by atoms with Crippen LogP contribution in [0.5, 0.6) is 5.75 Å². The van der Waals surface area contributed by atoms with Crippen molar-refractivity contribution in [2.75, 3.05) is 24.7 Å². The first-order valence-corrected chi connectivity index (χ1v) is 8.57. The van der Waals surface area contributed by atoms with Crippen molar-refractivity contribution in [2.24, 2.45) is 0 Å². The third kappa shape index (κ3) is 6.14. The standard InChI is InChI=1S/C16H26FNOS/c1-4-9-18-13(3)14-7-8-16(15(17)12-14)19-10-6-11-20-5-2/h7-8,12-13,18H,4-6,9-11H2,1-3H3. The normalized spacial score (nSPS) is 12.4. The Labute approximate surface area is 126 Å². The number of hydrogen-bond acceptors (Lipinski definition) is 3. The molecule has 20 heavy (non-hydrogen) atoms. The third-order valence-electron chi connectivity index (χ3n) is 3.05. The fourth-order valence-corrected chi connectivity index (χ4v) is 2.48. The topological polar surface area (TPSA) is 21.3 Å². The lowest BCUT2D eigenvalue weighted by Crippen LogP contribution is -2.19. The Kier molecular flexibility index (Phi) is 8.70. The molecular weight excluding hydrogens is 273 g/mol. The van der Waals surface area contributed by atoms with E-state index in [2.05, 4.69) is 19.2 Å². The van der Waals surface area contributed by atoms with Crippen molar-refractivity contribution < 1.29 is 9.13 Å². The van der Waals surface area contributed by atoms with E-state index in [1.165, 1.54) is 0 Å². The number of halogens is 1. The van der Waals surface area contributed by atoms with Crippen LogP contribution in [-0.4, -0.2) is 24.7 Å². The zero-order valence-corrected chi connectivity index (χ0v) is 13.6. The Morgan fingerprint density at radius 1 is 1.35 bits per heavy atom. The first-order chi connectivity index (χ1) is 9.69. The number of hydrogen-bond donors (Lipinski definition) is 1.